The van der Waals surface area contributed by atoms with Crippen LogP contribution in [0.3, 0.4) is 0 Å². The van der Waals surface area contributed by atoms with E-state index in [2.05, 4.69) is 5.32 Å². The maximum Gasteiger partial charge on any atom is 0.150 e. The van der Waals surface area contributed by atoms with E-state index in [-0.39, 0.29) is 6.61 Å². The van der Waals surface area contributed by atoms with Crippen LogP contribution in [0.1, 0.15) is 19.3 Å². The lowest BCUT2D eigenvalue weighted by atomic mass is 10.1. The van der Waals surface area contributed by atoms with Gasteiger partial charge >= 0.3 is 0 Å². The lowest BCUT2D eigenvalue weighted by Crippen LogP contribution is -2.20. The fourth-order valence-corrected chi connectivity index (χ4v) is 3.65. The summed E-state index contributed by atoms with van der Waals surface area (Å²) in [5, 5.41) is 11.7. The summed E-state index contributed by atoms with van der Waals surface area (Å²) in [7, 11) is -2.71. The quantitative estimate of drug-likeness (QED) is 0.609. The minimum atomic E-state index is -2.71. The molecule has 0 spiro atoms. The molecular formula is C9H19NO3S. The van der Waals surface area contributed by atoms with E-state index >= 15 is 0 Å². The second-order valence-electron chi connectivity index (χ2n) is 3.88. The van der Waals surface area contributed by atoms with E-state index in [1.807, 2.05) is 0 Å². The van der Waals surface area contributed by atoms with E-state index in [9.17, 15) is 8.42 Å². The van der Waals surface area contributed by atoms with Crippen molar-refractivity contribution in [3.8, 4) is 0 Å². The van der Waals surface area contributed by atoms with Crippen LogP contribution in [-0.4, -0.2) is 44.7 Å². The van der Waals surface area contributed by atoms with Gasteiger partial charge in [0, 0.05) is 6.61 Å². The number of hydrogen-bond donors (Lipinski definition) is 2. The standard InChI is InChI=1S/C9H19NO3S/c11-6-1-4-10-5-2-9-3-7-14(12,13)8-9/h9-11H,1-8H2. The van der Waals surface area contributed by atoms with Gasteiger partial charge in [-0.1, -0.05) is 0 Å². The zero-order valence-corrected chi connectivity index (χ0v) is 9.22. The number of nitrogens with one attached hydrogen (secondary N) is 1. The maximum absolute atomic E-state index is 11.1. The van der Waals surface area contributed by atoms with E-state index in [1.165, 1.54) is 0 Å². The van der Waals surface area contributed by atoms with Gasteiger partial charge in [-0.15, -0.1) is 0 Å². The van der Waals surface area contributed by atoms with Crippen molar-refractivity contribution in [2.24, 2.45) is 5.92 Å². The Kier molecular flexibility index (Phi) is 4.84. The van der Waals surface area contributed by atoms with Gasteiger partial charge in [0.05, 0.1) is 11.5 Å². The molecule has 0 aromatic carbocycles. The highest BCUT2D eigenvalue weighted by atomic mass is 32.2. The molecule has 84 valence electrons. The fraction of sp³-hybridized carbons (Fsp3) is 1.00. The average Bonchev–Trinajstić information content (AvgIpc) is 2.45. The van der Waals surface area contributed by atoms with Crippen molar-refractivity contribution in [2.45, 2.75) is 19.3 Å². The first-order valence-corrected chi connectivity index (χ1v) is 6.98. The third-order valence-electron chi connectivity index (χ3n) is 2.57. The summed E-state index contributed by atoms with van der Waals surface area (Å²) in [4.78, 5) is 0. The maximum atomic E-state index is 11.1. The predicted molar refractivity (Wildman–Crippen MR) is 56.0 cm³/mol. The minimum absolute atomic E-state index is 0.213. The second-order valence-corrected chi connectivity index (χ2v) is 6.11. The van der Waals surface area contributed by atoms with Crippen molar-refractivity contribution >= 4 is 9.84 Å². The van der Waals surface area contributed by atoms with Gasteiger partial charge in [0.15, 0.2) is 9.84 Å². The Morgan fingerprint density at radius 3 is 2.71 bits per heavy atom. The van der Waals surface area contributed by atoms with Crippen LogP contribution in [0.2, 0.25) is 0 Å². The molecule has 1 aliphatic heterocycles. The number of aliphatic hydroxyl groups is 1. The molecule has 14 heavy (non-hydrogen) atoms. The minimum Gasteiger partial charge on any atom is -0.396 e. The molecule has 5 heteroatoms. The van der Waals surface area contributed by atoms with E-state index < -0.39 is 9.84 Å². The molecule has 1 saturated heterocycles. The van der Waals surface area contributed by atoms with Crippen LogP contribution in [0.5, 0.6) is 0 Å². The van der Waals surface area contributed by atoms with Gasteiger partial charge in [-0.2, -0.15) is 0 Å². The normalized spacial score (nSPS) is 25.4. The van der Waals surface area contributed by atoms with E-state index in [1.54, 1.807) is 0 Å². The molecule has 0 aliphatic carbocycles. The van der Waals surface area contributed by atoms with Crippen molar-refractivity contribution in [3.05, 3.63) is 0 Å². The molecule has 0 saturated carbocycles. The monoisotopic (exact) mass is 221 g/mol. The molecule has 0 radical (unpaired) electrons. The molecule has 1 rings (SSSR count). The van der Waals surface area contributed by atoms with Gasteiger partial charge in [0.2, 0.25) is 0 Å². The van der Waals surface area contributed by atoms with Crippen molar-refractivity contribution in [2.75, 3.05) is 31.2 Å². The van der Waals surface area contributed by atoms with Crippen LogP contribution in [0, 0.1) is 5.92 Å². The molecule has 1 fully saturated rings. The Bertz CT molecular complexity index is 251. The van der Waals surface area contributed by atoms with Gasteiger partial charge in [-0.25, -0.2) is 8.42 Å². The zero-order valence-electron chi connectivity index (χ0n) is 8.41. The van der Waals surface area contributed by atoms with Gasteiger partial charge in [0.25, 0.3) is 0 Å². The third kappa shape index (κ3) is 4.39. The van der Waals surface area contributed by atoms with Gasteiger partial charge in [0.1, 0.15) is 0 Å². The summed E-state index contributed by atoms with van der Waals surface area (Å²) >= 11 is 0. The zero-order chi connectivity index (χ0) is 10.4. The Hall–Kier alpha value is -0.130. The van der Waals surface area contributed by atoms with E-state index in [0.717, 1.165) is 32.4 Å². The Labute approximate surface area is 85.6 Å². The summed E-state index contributed by atoms with van der Waals surface area (Å²) in [5.41, 5.74) is 0. The molecule has 0 aromatic heterocycles. The number of rotatable bonds is 6. The van der Waals surface area contributed by atoms with Crippen LogP contribution in [-0.2, 0) is 9.84 Å². The van der Waals surface area contributed by atoms with Gasteiger partial charge in [-0.05, 0) is 38.3 Å². The van der Waals surface area contributed by atoms with Crippen LogP contribution < -0.4 is 5.32 Å². The summed E-state index contributed by atoms with van der Waals surface area (Å²) in [6.45, 7) is 1.89. The van der Waals surface area contributed by atoms with Crippen LogP contribution in [0.4, 0.5) is 0 Å². The molecule has 0 bridgehead atoms. The van der Waals surface area contributed by atoms with Crippen molar-refractivity contribution in [1.29, 1.82) is 0 Å². The van der Waals surface area contributed by atoms with Crippen molar-refractivity contribution in [3.63, 3.8) is 0 Å². The van der Waals surface area contributed by atoms with Gasteiger partial charge in [-0.3, -0.25) is 0 Å². The second kappa shape index (κ2) is 5.68. The summed E-state index contributed by atoms with van der Waals surface area (Å²) < 4.78 is 22.2. The molecule has 4 nitrogen and oxygen atoms in total. The Morgan fingerprint density at radius 1 is 1.36 bits per heavy atom. The number of aliphatic hydroxyl groups excluding tert-OH is 1. The molecule has 1 heterocycles. The highest BCUT2D eigenvalue weighted by molar-refractivity contribution is 7.91. The highest BCUT2D eigenvalue weighted by Crippen LogP contribution is 2.20. The Morgan fingerprint density at radius 2 is 2.14 bits per heavy atom. The van der Waals surface area contributed by atoms with Crippen molar-refractivity contribution < 1.29 is 13.5 Å². The first kappa shape index (κ1) is 11.9. The lowest BCUT2D eigenvalue weighted by Gasteiger charge is -2.07. The number of hydrogen-bond acceptors (Lipinski definition) is 4. The lowest BCUT2D eigenvalue weighted by molar-refractivity contribution is 0.285. The summed E-state index contributed by atoms with van der Waals surface area (Å²) in [5.74, 6) is 1.09. The van der Waals surface area contributed by atoms with E-state index in [4.69, 9.17) is 5.11 Å². The summed E-state index contributed by atoms with van der Waals surface area (Å²) in [6, 6.07) is 0. The first-order chi connectivity index (χ1) is 6.64. The topological polar surface area (TPSA) is 66.4 Å². The fourth-order valence-electron chi connectivity index (χ4n) is 1.73. The third-order valence-corrected chi connectivity index (χ3v) is 4.40. The molecule has 1 aliphatic rings. The molecule has 1 unspecified atom stereocenters. The molecule has 2 N–H and O–H groups in total. The molecule has 1 atom stereocenters. The van der Waals surface area contributed by atoms with E-state index in [0.29, 0.717) is 17.4 Å². The molecule has 0 aromatic rings. The van der Waals surface area contributed by atoms with Crippen LogP contribution >= 0.6 is 0 Å². The SMILES string of the molecule is O=S1(=O)CCC(CCNCCCO)C1. The van der Waals surface area contributed by atoms with Gasteiger partial charge < -0.3 is 10.4 Å². The Balaban J connectivity index is 2.03. The smallest absolute Gasteiger partial charge is 0.150 e. The summed E-state index contributed by atoms with van der Waals surface area (Å²) in [6.07, 6.45) is 2.53. The number of sulfone groups is 1. The van der Waals surface area contributed by atoms with Crippen LogP contribution in [0.15, 0.2) is 0 Å². The largest absolute Gasteiger partial charge is 0.396 e. The average molecular weight is 221 g/mol. The van der Waals surface area contributed by atoms with Crippen molar-refractivity contribution in [1.82, 2.24) is 5.32 Å². The predicted octanol–water partition coefficient (Wildman–Crippen LogP) is -0.217. The van der Waals surface area contributed by atoms with Crippen LogP contribution in [0.25, 0.3) is 0 Å². The molecule has 0 amide bonds. The highest BCUT2D eigenvalue weighted by Gasteiger charge is 2.26. The first-order valence-electron chi connectivity index (χ1n) is 5.16. The molecular weight excluding hydrogens is 202 g/mol.